The van der Waals surface area contributed by atoms with E-state index in [-0.39, 0.29) is 56.2 Å². The number of aromatic nitrogens is 2. The zero-order chi connectivity index (χ0) is 29.1. The summed E-state index contributed by atoms with van der Waals surface area (Å²) in [6, 6.07) is 6.18. The van der Waals surface area contributed by atoms with Gasteiger partial charge in [-0.2, -0.15) is 4.98 Å². The van der Waals surface area contributed by atoms with Crippen LogP contribution in [0, 0.1) is 0 Å². The fraction of sp³-hybridized carbons (Fsp3) is 0.480. The standard InChI is InChI=1S/C19H23N7O6.C6H15N.Li.H/c20-19-25-15-14(17(30)26-19)23-11(8-22-15)7-21-10-3-1-9(2-4-10)16(29)24-12(18(31)32)5-6-13(27)28;1-5(2)7-6(3)4;;/h1-4,11-12,21,23H,5-8H2,(H,24,29)(H,27,28)(H,31,32)(H4,20,22,25,26,30);5-7H,1-4H3;;/q;;+1;-1/t11-,12+;;;/m1.../s1. The zero-order valence-electron chi connectivity index (χ0n) is 24.5. The van der Waals surface area contributed by atoms with E-state index < -0.39 is 23.9 Å². The van der Waals surface area contributed by atoms with Gasteiger partial charge in [-0.1, -0.05) is 27.7 Å². The van der Waals surface area contributed by atoms with E-state index in [4.69, 9.17) is 15.9 Å². The molecule has 0 bridgehead atoms. The first-order valence-electron chi connectivity index (χ1n) is 12.6. The number of hydrogen-bond acceptors (Lipinski definition) is 10. The fourth-order valence-corrected chi connectivity index (χ4v) is 3.76. The van der Waals surface area contributed by atoms with Crippen molar-refractivity contribution in [3.63, 3.8) is 0 Å². The number of nitrogens with zero attached hydrogens (tertiary/aromatic N) is 1. The maximum absolute atomic E-state index is 12.3. The van der Waals surface area contributed by atoms with E-state index in [1.54, 1.807) is 12.1 Å². The Morgan fingerprint density at radius 1 is 1.12 bits per heavy atom. The number of benzene rings is 1. The zero-order valence-corrected chi connectivity index (χ0v) is 23.5. The van der Waals surface area contributed by atoms with Crippen LogP contribution in [0.15, 0.2) is 29.1 Å². The number of H-pyrrole nitrogens is 1. The molecule has 15 heteroatoms. The molecular weight excluding hydrogens is 515 g/mol. The Morgan fingerprint density at radius 3 is 2.27 bits per heavy atom. The summed E-state index contributed by atoms with van der Waals surface area (Å²) in [6.07, 6.45) is -0.587. The molecule has 1 aliphatic heterocycles. The SMILES string of the molecule is CC(C)NC(C)C.Nc1nc2c(c(=O)[nH]1)N[C@H](CNc1ccc(C(=O)N[C@@H](CCC(=O)O)C(=O)O)cc1)CN2.[H-].[Li+]. The van der Waals surface area contributed by atoms with Crippen molar-refractivity contribution in [1.82, 2.24) is 20.6 Å². The van der Waals surface area contributed by atoms with Crippen molar-refractivity contribution in [2.24, 2.45) is 0 Å². The molecule has 2 heterocycles. The number of carboxylic acid groups (broad SMARTS) is 2. The maximum atomic E-state index is 12.3. The Balaban J connectivity index is 0.00000158. The molecule has 216 valence electrons. The van der Waals surface area contributed by atoms with E-state index in [2.05, 4.69) is 64.2 Å². The van der Waals surface area contributed by atoms with Crippen LogP contribution in [0.2, 0.25) is 0 Å². The number of fused-ring (bicyclic) bond motifs is 1. The van der Waals surface area contributed by atoms with Crippen LogP contribution in [0.3, 0.4) is 0 Å². The van der Waals surface area contributed by atoms with E-state index in [9.17, 15) is 19.2 Å². The Labute approximate surface area is 246 Å². The molecule has 1 aliphatic rings. The predicted octanol–water partition coefficient (Wildman–Crippen LogP) is -1.77. The van der Waals surface area contributed by atoms with Crippen molar-refractivity contribution in [3.8, 4) is 0 Å². The van der Waals surface area contributed by atoms with Gasteiger partial charge < -0.3 is 44.0 Å². The number of nitrogen functional groups attached to an aromatic ring is 1. The van der Waals surface area contributed by atoms with Gasteiger partial charge in [-0.05, 0) is 30.7 Å². The van der Waals surface area contributed by atoms with Gasteiger partial charge in [0, 0.05) is 42.8 Å². The van der Waals surface area contributed by atoms with Crippen LogP contribution in [0.5, 0.6) is 0 Å². The second kappa shape index (κ2) is 16.4. The van der Waals surface area contributed by atoms with Crippen LogP contribution in [0.1, 0.15) is 52.3 Å². The van der Waals surface area contributed by atoms with Crippen LogP contribution in [-0.4, -0.2) is 75.3 Å². The summed E-state index contributed by atoms with van der Waals surface area (Å²) in [7, 11) is 0. The molecule has 2 atom stereocenters. The van der Waals surface area contributed by atoms with Crippen LogP contribution in [0.25, 0.3) is 0 Å². The number of aromatic amines is 1. The molecule has 10 N–H and O–H groups in total. The summed E-state index contributed by atoms with van der Waals surface area (Å²) >= 11 is 0. The third-order valence-electron chi connectivity index (χ3n) is 5.42. The third kappa shape index (κ3) is 11.6. The quantitative estimate of drug-likeness (QED) is 0.141. The molecule has 0 saturated carbocycles. The smallest absolute Gasteiger partial charge is 1.00 e. The van der Waals surface area contributed by atoms with E-state index in [1.165, 1.54) is 12.1 Å². The van der Waals surface area contributed by atoms with Gasteiger partial charge in [0.1, 0.15) is 11.7 Å². The second-order valence-corrected chi connectivity index (χ2v) is 9.63. The molecule has 14 nitrogen and oxygen atoms in total. The third-order valence-corrected chi connectivity index (χ3v) is 5.42. The molecule has 0 aliphatic carbocycles. The minimum Gasteiger partial charge on any atom is -1.00 e. The number of aliphatic carboxylic acids is 2. The van der Waals surface area contributed by atoms with Crippen molar-refractivity contribution < 1.29 is 44.9 Å². The molecule has 0 saturated heterocycles. The summed E-state index contributed by atoms with van der Waals surface area (Å²) < 4.78 is 0. The molecule has 0 spiro atoms. The number of hydrogen-bond donors (Lipinski definition) is 9. The van der Waals surface area contributed by atoms with E-state index in [0.717, 1.165) is 0 Å². The summed E-state index contributed by atoms with van der Waals surface area (Å²) in [4.78, 5) is 52.6. The molecule has 2 aromatic rings. The fourth-order valence-electron chi connectivity index (χ4n) is 3.76. The van der Waals surface area contributed by atoms with Gasteiger partial charge in [-0.3, -0.25) is 19.4 Å². The Kier molecular flexibility index (Phi) is 14.1. The number of nitrogens with one attached hydrogen (secondary N) is 6. The molecule has 3 rings (SSSR count). The number of nitrogens with two attached hydrogens (primary N) is 1. The van der Waals surface area contributed by atoms with Crippen LogP contribution < -0.4 is 56.7 Å². The topological polar surface area (TPSA) is 224 Å². The van der Waals surface area contributed by atoms with E-state index >= 15 is 0 Å². The van der Waals surface area contributed by atoms with E-state index in [1.807, 2.05) is 0 Å². The van der Waals surface area contributed by atoms with Gasteiger partial charge in [-0.15, -0.1) is 0 Å². The average Bonchev–Trinajstić information content (AvgIpc) is 2.84. The Morgan fingerprint density at radius 2 is 1.75 bits per heavy atom. The number of carbonyl (C=O) groups excluding carboxylic acids is 1. The van der Waals surface area contributed by atoms with Crippen LogP contribution in [-0.2, 0) is 9.59 Å². The first-order valence-corrected chi connectivity index (χ1v) is 12.6. The molecule has 1 amide bonds. The second-order valence-electron chi connectivity index (χ2n) is 9.63. The molecular formula is C25H39LiN8O6. The van der Waals surface area contributed by atoms with Gasteiger partial charge >= 0.3 is 30.8 Å². The molecule has 1 aromatic carbocycles. The minimum atomic E-state index is -1.30. The summed E-state index contributed by atoms with van der Waals surface area (Å²) in [5.41, 5.74) is 6.40. The normalized spacial score (nSPS) is 14.3. The van der Waals surface area contributed by atoms with Crippen molar-refractivity contribution in [3.05, 3.63) is 40.2 Å². The van der Waals surface area contributed by atoms with Gasteiger partial charge in [-0.25, -0.2) is 4.79 Å². The number of anilines is 4. The minimum absolute atomic E-state index is 0. The van der Waals surface area contributed by atoms with Gasteiger partial charge in [0.05, 0.1) is 6.04 Å². The van der Waals surface area contributed by atoms with Crippen molar-refractivity contribution in [2.75, 3.05) is 34.8 Å². The average molecular weight is 555 g/mol. The van der Waals surface area contributed by atoms with Gasteiger partial charge in [0.25, 0.3) is 11.5 Å². The van der Waals surface area contributed by atoms with Crippen LogP contribution >= 0.6 is 0 Å². The number of carbonyl (C=O) groups is 3. The molecule has 40 heavy (non-hydrogen) atoms. The summed E-state index contributed by atoms with van der Waals surface area (Å²) in [6.45, 7) is 9.57. The summed E-state index contributed by atoms with van der Waals surface area (Å²) in [5, 5.41) is 32.8. The van der Waals surface area contributed by atoms with Crippen molar-refractivity contribution >= 4 is 41.0 Å². The molecule has 1 aromatic heterocycles. The van der Waals surface area contributed by atoms with Crippen LogP contribution in [0.4, 0.5) is 23.1 Å². The van der Waals surface area contributed by atoms with E-state index in [0.29, 0.717) is 42.4 Å². The monoisotopic (exact) mass is 554 g/mol. The predicted molar refractivity (Wildman–Crippen MR) is 150 cm³/mol. The number of rotatable bonds is 11. The number of carboxylic acids is 2. The number of amides is 1. The van der Waals surface area contributed by atoms with Crippen molar-refractivity contribution in [1.29, 1.82) is 0 Å². The molecule has 0 radical (unpaired) electrons. The van der Waals surface area contributed by atoms with Crippen molar-refractivity contribution in [2.45, 2.75) is 64.7 Å². The first-order chi connectivity index (χ1) is 18.3. The maximum Gasteiger partial charge on any atom is 1.00 e. The molecule has 0 fully saturated rings. The first kappa shape index (κ1) is 34.3. The Hall–Kier alpha value is -3.73. The van der Waals surface area contributed by atoms with Gasteiger partial charge in [0.2, 0.25) is 5.95 Å². The largest absolute Gasteiger partial charge is 1.00 e. The Bertz CT molecular complexity index is 1190. The van der Waals surface area contributed by atoms with Gasteiger partial charge in [0.15, 0.2) is 5.82 Å². The molecule has 0 unspecified atom stereocenters. The summed E-state index contributed by atoms with van der Waals surface area (Å²) in [5.74, 6) is -2.64.